The number of aliphatic hydroxyl groups is 3. The Bertz CT molecular complexity index is 1570. The molecule has 0 aliphatic carbocycles. The molecular weight excluding hydrogens is 540 g/mol. The fraction of sp³-hybridized carbons (Fsp3) is 0.310. The van der Waals surface area contributed by atoms with Crippen LogP contribution < -0.4 is 9.47 Å². The van der Waals surface area contributed by atoms with Crippen LogP contribution in [0.25, 0.3) is 11.1 Å². The van der Waals surface area contributed by atoms with Crippen molar-refractivity contribution in [3.63, 3.8) is 0 Å². The minimum Gasteiger partial charge on any atom is -0.507 e. The predicted octanol–water partition coefficient (Wildman–Crippen LogP) is 1.84. The van der Waals surface area contributed by atoms with Crippen molar-refractivity contribution in [1.29, 1.82) is 0 Å². The zero-order chi connectivity index (χ0) is 29.2. The lowest BCUT2D eigenvalue weighted by atomic mass is 9.91. The van der Waals surface area contributed by atoms with Crippen LogP contribution in [0.4, 0.5) is 0 Å². The molecule has 6 N–H and O–H groups in total. The summed E-state index contributed by atoms with van der Waals surface area (Å²) in [6.45, 7) is 0.879. The molecule has 0 saturated carbocycles. The van der Waals surface area contributed by atoms with Gasteiger partial charge in [-0.1, -0.05) is 18.2 Å². The average Bonchev–Trinajstić information content (AvgIpc) is 2.95. The third kappa shape index (κ3) is 4.41. The standard InChI is InChI=1S/C29H26O12/c1-11-18-9-20-22(23(11)32)17(31)8-19(39-20)12-5-6-16(30)15(7-12)13-3-2-4-14(24(13)33)28(37)38-10-21-25(34)26(35)27(36)29(40-18)41-21/h2-7,9,19,21,25-27,29-30,32-36H,8,10H2,1H3/t19-,21-,25-,26+,27-,29-/m1/s1. The monoisotopic (exact) mass is 566 g/mol. The van der Waals surface area contributed by atoms with E-state index in [-0.39, 0.29) is 51.5 Å². The topological polar surface area (TPSA) is 192 Å². The highest BCUT2D eigenvalue weighted by Gasteiger charge is 2.46. The average molecular weight is 567 g/mol. The number of esters is 1. The van der Waals surface area contributed by atoms with E-state index in [0.717, 1.165) is 0 Å². The molecular formula is C29H26O12. The maximum absolute atomic E-state index is 13.2. The molecule has 0 aromatic heterocycles. The first kappa shape index (κ1) is 26.8. The van der Waals surface area contributed by atoms with E-state index in [9.17, 15) is 40.2 Å². The quantitative estimate of drug-likeness (QED) is 0.217. The van der Waals surface area contributed by atoms with E-state index >= 15 is 0 Å². The molecule has 1 fully saturated rings. The molecule has 12 heteroatoms. The van der Waals surface area contributed by atoms with Gasteiger partial charge in [-0.25, -0.2) is 4.79 Å². The van der Waals surface area contributed by atoms with Crippen molar-refractivity contribution in [3.8, 4) is 39.9 Å². The van der Waals surface area contributed by atoms with Crippen LogP contribution >= 0.6 is 0 Å². The van der Waals surface area contributed by atoms with Crippen molar-refractivity contribution in [2.75, 3.05) is 6.61 Å². The number of aliphatic hydroxyl groups excluding tert-OH is 3. The predicted molar refractivity (Wildman–Crippen MR) is 138 cm³/mol. The Balaban J connectivity index is 1.52. The minimum absolute atomic E-state index is 0.0127. The van der Waals surface area contributed by atoms with Gasteiger partial charge in [0.1, 0.15) is 77.0 Å². The lowest BCUT2D eigenvalue weighted by Gasteiger charge is -2.40. The maximum atomic E-state index is 13.2. The Kier molecular flexibility index (Phi) is 6.50. The van der Waals surface area contributed by atoms with Gasteiger partial charge >= 0.3 is 5.97 Å². The molecule has 6 atom stereocenters. The van der Waals surface area contributed by atoms with E-state index in [4.69, 9.17) is 18.9 Å². The Morgan fingerprint density at radius 3 is 2.34 bits per heavy atom. The van der Waals surface area contributed by atoms with Crippen LogP contribution in [0, 0.1) is 6.92 Å². The van der Waals surface area contributed by atoms with Crippen LogP contribution in [0.2, 0.25) is 0 Å². The number of Topliss-reactive ketones (excluding diaryl/α,β-unsaturated/α-hetero) is 1. The largest absolute Gasteiger partial charge is 0.507 e. The fourth-order valence-electron chi connectivity index (χ4n) is 5.26. The number of hydrogen-bond acceptors (Lipinski definition) is 12. The maximum Gasteiger partial charge on any atom is 0.342 e. The van der Waals surface area contributed by atoms with Crippen LogP contribution in [0.1, 0.15) is 44.4 Å². The fourth-order valence-corrected chi connectivity index (χ4v) is 5.26. The zero-order valence-corrected chi connectivity index (χ0v) is 21.6. The van der Waals surface area contributed by atoms with Crippen molar-refractivity contribution >= 4 is 11.8 Å². The Labute approximate surface area is 232 Å². The second-order valence-electron chi connectivity index (χ2n) is 10.2. The van der Waals surface area contributed by atoms with E-state index in [1.165, 1.54) is 43.3 Å². The number of carbonyl (C=O) groups is 2. The Morgan fingerprint density at radius 1 is 0.805 bits per heavy atom. The lowest BCUT2D eigenvalue weighted by molar-refractivity contribution is -0.277. The van der Waals surface area contributed by atoms with E-state index in [1.54, 1.807) is 6.07 Å². The molecule has 3 aromatic carbocycles. The zero-order valence-electron chi connectivity index (χ0n) is 21.6. The minimum atomic E-state index is -1.76. The normalized spacial score (nSPS) is 27.2. The van der Waals surface area contributed by atoms with Crippen molar-refractivity contribution in [2.45, 2.75) is 50.2 Å². The molecule has 1 saturated heterocycles. The smallest absolute Gasteiger partial charge is 0.342 e. The third-order valence-corrected chi connectivity index (χ3v) is 7.62. The molecule has 0 amide bonds. The SMILES string of the molecule is Cc1c2cc3c(c1O)C(=O)C[C@@H](O3)c1ccc(O)c(c1)-c1cccc(c1O)C(=O)OC[C@H]1O[C@@H](O2)[C@H](O)[C@@H](O)[C@@H]1O. The second kappa shape index (κ2) is 9.93. The summed E-state index contributed by atoms with van der Waals surface area (Å²) >= 11 is 0. The Morgan fingerprint density at radius 2 is 1.56 bits per heavy atom. The lowest BCUT2D eigenvalue weighted by Crippen LogP contribution is -2.60. The summed E-state index contributed by atoms with van der Waals surface area (Å²) in [4.78, 5) is 26.1. The highest BCUT2D eigenvalue weighted by Crippen LogP contribution is 2.46. The summed E-state index contributed by atoms with van der Waals surface area (Å²) in [5.74, 6) is -2.58. The number of phenols is 3. The van der Waals surface area contributed by atoms with Gasteiger partial charge in [-0.05, 0) is 30.7 Å². The number of cyclic esters (lactones) is 1. The van der Waals surface area contributed by atoms with Crippen LogP contribution in [-0.2, 0) is 9.47 Å². The number of carbonyl (C=O) groups excluding carboxylic acids is 2. The van der Waals surface area contributed by atoms with E-state index < -0.39 is 66.7 Å². The molecule has 3 aromatic rings. The van der Waals surface area contributed by atoms with Crippen molar-refractivity contribution < 1.29 is 59.2 Å². The van der Waals surface area contributed by atoms with Crippen molar-refractivity contribution in [3.05, 3.63) is 64.7 Å². The van der Waals surface area contributed by atoms with Crippen molar-refractivity contribution in [1.82, 2.24) is 0 Å². The van der Waals surface area contributed by atoms with E-state index in [1.807, 2.05) is 0 Å². The number of phenolic OH excluding ortho intramolecular Hbond substituents is 3. The van der Waals surface area contributed by atoms with E-state index in [0.29, 0.717) is 5.56 Å². The third-order valence-electron chi connectivity index (χ3n) is 7.62. The van der Waals surface area contributed by atoms with Gasteiger partial charge in [-0.15, -0.1) is 0 Å². The second-order valence-corrected chi connectivity index (χ2v) is 10.2. The molecule has 3 aliphatic heterocycles. The molecule has 12 nitrogen and oxygen atoms in total. The van der Waals surface area contributed by atoms with Crippen LogP contribution in [-0.4, -0.2) is 79.7 Å². The Hall–Kier alpha value is -4.36. The van der Waals surface area contributed by atoms with Gasteiger partial charge < -0.3 is 49.6 Å². The number of benzene rings is 3. The highest BCUT2D eigenvalue weighted by molar-refractivity contribution is 6.03. The van der Waals surface area contributed by atoms with Gasteiger partial charge in [0.25, 0.3) is 0 Å². The van der Waals surface area contributed by atoms with Crippen LogP contribution in [0.3, 0.4) is 0 Å². The first-order valence-corrected chi connectivity index (χ1v) is 12.8. The molecule has 41 heavy (non-hydrogen) atoms. The highest BCUT2D eigenvalue weighted by atomic mass is 16.7. The first-order chi connectivity index (χ1) is 19.5. The molecule has 0 radical (unpaired) electrons. The van der Waals surface area contributed by atoms with Gasteiger partial charge in [-0.2, -0.15) is 0 Å². The molecule has 3 aliphatic rings. The molecule has 0 spiro atoms. The van der Waals surface area contributed by atoms with Crippen LogP contribution in [0.5, 0.6) is 28.7 Å². The number of rotatable bonds is 0. The summed E-state index contributed by atoms with van der Waals surface area (Å²) < 4.78 is 22.8. The molecule has 9 bridgehead atoms. The van der Waals surface area contributed by atoms with Gasteiger partial charge in [0.2, 0.25) is 6.29 Å². The molecule has 214 valence electrons. The number of aromatic hydroxyl groups is 3. The summed E-state index contributed by atoms with van der Waals surface area (Å²) in [6, 6.07) is 10.0. The van der Waals surface area contributed by atoms with Gasteiger partial charge in [-0.3, -0.25) is 4.79 Å². The molecule has 3 heterocycles. The van der Waals surface area contributed by atoms with Crippen molar-refractivity contribution in [2.24, 2.45) is 0 Å². The van der Waals surface area contributed by atoms with Gasteiger partial charge in [0.15, 0.2) is 5.78 Å². The molecule has 0 unspecified atom stereocenters. The number of ketones is 1. The first-order valence-electron chi connectivity index (χ1n) is 12.8. The van der Waals surface area contributed by atoms with Gasteiger partial charge in [0.05, 0.1) is 6.42 Å². The number of ether oxygens (including phenoxy) is 4. The summed E-state index contributed by atoms with van der Waals surface area (Å²) in [7, 11) is 0. The number of fused-ring (bicyclic) bond motifs is 10. The number of para-hydroxylation sites is 1. The number of hydrogen-bond donors (Lipinski definition) is 6. The summed E-state index contributed by atoms with van der Waals surface area (Å²) in [6.07, 6.45) is -9.15. The van der Waals surface area contributed by atoms with Gasteiger partial charge in [0, 0.05) is 22.8 Å². The summed E-state index contributed by atoms with van der Waals surface area (Å²) in [5.41, 5.74) is 0.531. The van der Waals surface area contributed by atoms with E-state index in [2.05, 4.69) is 0 Å². The summed E-state index contributed by atoms with van der Waals surface area (Å²) in [5, 5.41) is 64.0. The molecule has 6 rings (SSSR count). The van der Waals surface area contributed by atoms with Crippen LogP contribution in [0.15, 0.2) is 42.5 Å².